The predicted octanol–water partition coefficient (Wildman–Crippen LogP) is -0.0370. The Morgan fingerprint density at radius 2 is 2.50 bits per heavy atom. The molecule has 0 aromatic carbocycles. The van der Waals surface area contributed by atoms with Crippen LogP contribution in [0.25, 0.3) is 0 Å². The van der Waals surface area contributed by atoms with Gasteiger partial charge in [-0.2, -0.15) is 0 Å². The highest BCUT2D eigenvalue weighted by molar-refractivity contribution is 5.76. The van der Waals surface area contributed by atoms with Crippen LogP contribution in [0.15, 0.2) is 10.6 Å². The fraction of sp³-hybridized carbons (Fsp3) is 0.600. The number of rotatable bonds is 6. The second-order valence-corrected chi connectivity index (χ2v) is 3.44. The lowest BCUT2D eigenvalue weighted by atomic mass is 10.2. The number of aromatic nitrogens is 1. The number of carbonyl (C=O) groups excluding carboxylic acids is 1. The average Bonchev–Trinajstić information content (AvgIpc) is 2.69. The molecule has 16 heavy (non-hydrogen) atoms. The molecule has 0 radical (unpaired) electrons. The van der Waals surface area contributed by atoms with E-state index in [4.69, 9.17) is 14.9 Å². The molecule has 1 atom stereocenters. The lowest BCUT2D eigenvalue weighted by Gasteiger charge is -2.11. The van der Waals surface area contributed by atoms with Crippen LogP contribution in [-0.4, -0.2) is 30.6 Å². The van der Waals surface area contributed by atoms with E-state index in [1.165, 1.54) is 7.11 Å². The molecule has 0 aliphatic carbocycles. The number of nitrogens with one attached hydrogen (secondary N) is 1. The van der Waals surface area contributed by atoms with Crippen molar-refractivity contribution in [3.05, 3.63) is 17.8 Å². The average molecular weight is 227 g/mol. The number of hydrogen-bond acceptors (Lipinski definition) is 5. The number of ether oxygens (including phenoxy) is 1. The zero-order chi connectivity index (χ0) is 12.0. The molecule has 1 unspecified atom stereocenters. The Morgan fingerprint density at radius 3 is 3.00 bits per heavy atom. The standard InChI is InChI=1S/C10H17N3O3/c1-7-5-13-10(16-7)6-12-9(14)3-8(4-11)15-2/h5,8H,3-4,6,11H2,1-2H3,(H,12,14). The Hall–Kier alpha value is -1.40. The van der Waals surface area contributed by atoms with E-state index in [-0.39, 0.29) is 25.0 Å². The van der Waals surface area contributed by atoms with E-state index in [0.717, 1.165) is 5.76 Å². The zero-order valence-corrected chi connectivity index (χ0v) is 9.53. The minimum absolute atomic E-state index is 0.131. The highest BCUT2D eigenvalue weighted by Crippen LogP contribution is 2.01. The molecule has 1 amide bonds. The number of nitrogens with zero attached hydrogens (tertiary/aromatic N) is 1. The molecule has 0 saturated heterocycles. The molecule has 0 aliphatic heterocycles. The van der Waals surface area contributed by atoms with Gasteiger partial charge in [-0.15, -0.1) is 0 Å². The minimum atomic E-state index is -0.244. The fourth-order valence-electron chi connectivity index (χ4n) is 1.20. The summed E-state index contributed by atoms with van der Waals surface area (Å²) in [5.74, 6) is 1.08. The summed E-state index contributed by atoms with van der Waals surface area (Å²) in [7, 11) is 1.53. The molecular weight excluding hydrogens is 210 g/mol. The van der Waals surface area contributed by atoms with Crippen LogP contribution in [0.3, 0.4) is 0 Å². The topological polar surface area (TPSA) is 90.4 Å². The van der Waals surface area contributed by atoms with Crippen LogP contribution in [0.5, 0.6) is 0 Å². The minimum Gasteiger partial charge on any atom is -0.444 e. The van der Waals surface area contributed by atoms with Crippen molar-refractivity contribution in [3.63, 3.8) is 0 Å². The van der Waals surface area contributed by atoms with Gasteiger partial charge >= 0.3 is 0 Å². The first kappa shape index (κ1) is 12.7. The van der Waals surface area contributed by atoms with Crippen LogP contribution >= 0.6 is 0 Å². The summed E-state index contributed by atoms with van der Waals surface area (Å²) in [4.78, 5) is 15.4. The summed E-state index contributed by atoms with van der Waals surface area (Å²) in [6.45, 7) is 2.41. The van der Waals surface area contributed by atoms with Gasteiger partial charge in [0.2, 0.25) is 11.8 Å². The van der Waals surface area contributed by atoms with Crippen LogP contribution < -0.4 is 11.1 Å². The van der Waals surface area contributed by atoms with Crippen LogP contribution in [0.4, 0.5) is 0 Å². The molecule has 0 fully saturated rings. The van der Waals surface area contributed by atoms with Crippen molar-refractivity contribution in [1.29, 1.82) is 0 Å². The largest absolute Gasteiger partial charge is 0.444 e. The van der Waals surface area contributed by atoms with Gasteiger partial charge in [-0.25, -0.2) is 4.98 Å². The normalized spacial score (nSPS) is 12.4. The zero-order valence-electron chi connectivity index (χ0n) is 9.53. The van der Waals surface area contributed by atoms with Gasteiger partial charge in [0.1, 0.15) is 5.76 Å². The van der Waals surface area contributed by atoms with E-state index in [2.05, 4.69) is 10.3 Å². The summed E-state index contributed by atoms with van der Waals surface area (Å²) >= 11 is 0. The number of methoxy groups -OCH3 is 1. The summed E-state index contributed by atoms with van der Waals surface area (Å²) in [6, 6.07) is 0. The number of hydrogen-bond donors (Lipinski definition) is 2. The molecule has 0 bridgehead atoms. The Bertz CT molecular complexity index is 334. The summed E-state index contributed by atoms with van der Waals surface area (Å²) < 4.78 is 10.2. The highest BCUT2D eigenvalue weighted by Gasteiger charge is 2.11. The SMILES string of the molecule is COC(CN)CC(=O)NCc1ncc(C)o1. The van der Waals surface area contributed by atoms with E-state index in [1.807, 2.05) is 0 Å². The first-order chi connectivity index (χ1) is 7.65. The third-order valence-electron chi connectivity index (χ3n) is 2.12. The van der Waals surface area contributed by atoms with Gasteiger partial charge in [0.25, 0.3) is 0 Å². The molecule has 0 aliphatic rings. The van der Waals surface area contributed by atoms with E-state index in [0.29, 0.717) is 12.4 Å². The smallest absolute Gasteiger partial charge is 0.223 e. The molecule has 1 rings (SSSR count). The second kappa shape index (κ2) is 6.24. The van der Waals surface area contributed by atoms with Gasteiger partial charge in [-0.3, -0.25) is 4.79 Å². The Balaban J connectivity index is 2.30. The molecule has 6 nitrogen and oxygen atoms in total. The lowest BCUT2D eigenvalue weighted by Crippen LogP contribution is -2.31. The van der Waals surface area contributed by atoms with Gasteiger partial charge in [-0.05, 0) is 6.92 Å². The van der Waals surface area contributed by atoms with Gasteiger partial charge in [0, 0.05) is 13.7 Å². The second-order valence-electron chi connectivity index (χ2n) is 3.44. The van der Waals surface area contributed by atoms with Gasteiger partial charge in [-0.1, -0.05) is 0 Å². The molecule has 1 heterocycles. The maximum Gasteiger partial charge on any atom is 0.223 e. The van der Waals surface area contributed by atoms with Gasteiger partial charge in [0.05, 0.1) is 25.3 Å². The lowest BCUT2D eigenvalue weighted by molar-refractivity contribution is -0.123. The number of aryl methyl sites for hydroxylation is 1. The van der Waals surface area contributed by atoms with E-state index in [1.54, 1.807) is 13.1 Å². The first-order valence-corrected chi connectivity index (χ1v) is 5.06. The van der Waals surface area contributed by atoms with Gasteiger partial charge < -0.3 is 20.2 Å². The van der Waals surface area contributed by atoms with Crippen molar-refractivity contribution in [1.82, 2.24) is 10.3 Å². The Morgan fingerprint density at radius 1 is 1.75 bits per heavy atom. The molecule has 0 spiro atoms. The van der Waals surface area contributed by atoms with Crippen molar-refractivity contribution in [3.8, 4) is 0 Å². The van der Waals surface area contributed by atoms with Crippen molar-refractivity contribution < 1.29 is 13.9 Å². The van der Waals surface area contributed by atoms with Crippen LogP contribution in [-0.2, 0) is 16.1 Å². The molecule has 90 valence electrons. The Kier molecular flexibility index (Phi) is 4.94. The maximum absolute atomic E-state index is 11.4. The third-order valence-corrected chi connectivity index (χ3v) is 2.12. The molecule has 1 aromatic heterocycles. The maximum atomic E-state index is 11.4. The number of nitrogens with two attached hydrogens (primary N) is 1. The third kappa shape index (κ3) is 4.00. The summed E-state index contributed by atoms with van der Waals surface area (Å²) in [5, 5.41) is 2.68. The van der Waals surface area contributed by atoms with Crippen molar-refractivity contribution in [2.45, 2.75) is 26.0 Å². The van der Waals surface area contributed by atoms with E-state index in [9.17, 15) is 4.79 Å². The highest BCUT2D eigenvalue weighted by atomic mass is 16.5. The summed E-state index contributed by atoms with van der Waals surface area (Å²) in [5.41, 5.74) is 5.41. The molecule has 0 saturated carbocycles. The Labute approximate surface area is 94.2 Å². The first-order valence-electron chi connectivity index (χ1n) is 5.06. The predicted molar refractivity (Wildman–Crippen MR) is 57.6 cm³/mol. The van der Waals surface area contributed by atoms with Crippen LogP contribution in [0.2, 0.25) is 0 Å². The van der Waals surface area contributed by atoms with Crippen molar-refractivity contribution >= 4 is 5.91 Å². The number of oxazole rings is 1. The van der Waals surface area contributed by atoms with E-state index < -0.39 is 0 Å². The monoisotopic (exact) mass is 227 g/mol. The molecule has 1 aromatic rings. The number of amides is 1. The van der Waals surface area contributed by atoms with Gasteiger partial charge in [0.15, 0.2) is 0 Å². The quantitative estimate of drug-likeness (QED) is 0.711. The molecule has 6 heteroatoms. The van der Waals surface area contributed by atoms with Crippen molar-refractivity contribution in [2.24, 2.45) is 5.73 Å². The molecule has 3 N–H and O–H groups in total. The van der Waals surface area contributed by atoms with Crippen LogP contribution in [0, 0.1) is 6.92 Å². The van der Waals surface area contributed by atoms with Crippen molar-refractivity contribution in [2.75, 3.05) is 13.7 Å². The van der Waals surface area contributed by atoms with E-state index >= 15 is 0 Å². The summed E-state index contributed by atoms with van der Waals surface area (Å²) in [6.07, 6.45) is 1.61. The molecular formula is C10H17N3O3. The van der Waals surface area contributed by atoms with Crippen LogP contribution in [0.1, 0.15) is 18.1 Å². The fourth-order valence-corrected chi connectivity index (χ4v) is 1.20. The number of carbonyl (C=O) groups is 1.